The van der Waals surface area contributed by atoms with Gasteiger partial charge >= 0.3 is 11.9 Å². The summed E-state index contributed by atoms with van der Waals surface area (Å²) in [7, 11) is 0.768. The molecule has 35 heavy (non-hydrogen) atoms. The molecule has 0 rings (SSSR count). The Morgan fingerprint density at radius 2 is 1.20 bits per heavy atom. The number of carbonyl (C=O) groups is 3. The Hall–Kier alpha value is -1.30. The summed E-state index contributed by atoms with van der Waals surface area (Å²) in [5, 5.41) is 8.99. The van der Waals surface area contributed by atoms with Gasteiger partial charge < -0.3 is 14.3 Å². The lowest BCUT2D eigenvalue weighted by Crippen LogP contribution is -2.68. The maximum Gasteiger partial charge on any atom is 0.313 e. The third-order valence-electron chi connectivity index (χ3n) is 5.10. The second-order valence-electron chi connectivity index (χ2n) is 9.92. The number of hydrogen-bond acceptors (Lipinski definition) is 8. The van der Waals surface area contributed by atoms with Gasteiger partial charge in [-0.05, 0) is 6.42 Å². The van der Waals surface area contributed by atoms with Crippen LogP contribution < -0.4 is 18.6 Å². The number of quaternary nitrogens is 1. The first kappa shape index (κ1) is 35.9. The topological polar surface area (TPSA) is 173 Å². The summed E-state index contributed by atoms with van der Waals surface area (Å²) in [6, 6.07) is 0. The SMILES string of the molecule is CCCCCCCCCCCCCCC(=O)CC(=O)OC(CC(=O)O)C[N+](C)(C)C.[O-][Cl+3]([O-])([O-])[O-]. The smallest absolute Gasteiger partial charge is 0.313 e. The average molecular weight is 528 g/mol. The summed E-state index contributed by atoms with van der Waals surface area (Å²) in [4.78, 5) is 35.0. The van der Waals surface area contributed by atoms with Crippen molar-refractivity contribution in [2.24, 2.45) is 0 Å². The Bertz CT molecular complexity index is 568. The Kier molecular flexibility index (Phi) is 21.4. The van der Waals surface area contributed by atoms with Crippen molar-refractivity contribution in [3.8, 4) is 0 Å². The van der Waals surface area contributed by atoms with Crippen molar-refractivity contribution >= 4 is 17.7 Å². The number of halogens is 1. The van der Waals surface area contributed by atoms with Crippen LogP contribution in [0.15, 0.2) is 0 Å². The predicted octanol–water partition coefficient (Wildman–Crippen LogP) is 0.374. The first-order valence-electron chi connectivity index (χ1n) is 12.5. The number of esters is 1. The fraction of sp³-hybridized carbons (Fsp3) is 0.875. The van der Waals surface area contributed by atoms with Gasteiger partial charge in [0.1, 0.15) is 18.7 Å². The van der Waals surface area contributed by atoms with Crippen molar-refractivity contribution in [2.45, 2.75) is 109 Å². The molecule has 0 aromatic rings. The highest BCUT2D eigenvalue weighted by atomic mass is 35.7. The van der Waals surface area contributed by atoms with E-state index < -0.39 is 28.3 Å². The molecule has 0 radical (unpaired) electrons. The highest BCUT2D eigenvalue weighted by Crippen LogP contribution is 2.13. The van der Waals surface area contributed by atoms with Gasteiger partial charge in [0.05, 0.1) is 27.6 Å². The molecule has 11 heteroatoms. The van der Waals surface area contributed by atoms with Gasteiger partial charge in [0, 0.05) is 6.42 Å². The summed E-state index contributed by atoms with van der Waals surface area (Å²) in [6.07, 6.45) is 14.0. The number of ether oxygens (including phenoxy) is 1. The summed E-state index contributed by atoms with van der Waals surface area (Å²) in [6.45, 7) is 2.63. The number of carboxylic acid groups (broad SMARTS) is 1. The number of nitrogens with zero attached hydrogens (tertiary/aromatic N) is 1. The van der Waals surface area contributed by atoms with Crippen LogP contribution in [0.1, 0.15) is 103 Å². The molecule has 0 amide bonds. The third kappa shape index (κ3) is 34.9. The van der Waals surface area contributed by atoms with Crippen LogP contribution in [0.3, 0.4) is 0 Å². The lowest BCUT2D eigenvalue weighted by molar-refractivity contribution is -2.00. The van der Waals surface area contributed by atoms with E-state index in [2.05, 4.69) is 6.92 Å². The van der Waals surface area contributed by atoms with Crippen molar-refractivity contribution in [1.29, 1.82) is 0 Å². The van der Waals surface area contributed by atoms with Crippen LogP contribution in [0.4, 0.5) is 0 Å². The molecule has 0 aliphatic heterocycles. The van der Waals surface area contributed by atoms with Gasteiger partial charge in [-0.25, -0.2) is 18.6 Å². The Morgan fingerprint density at radius 1 is 0.800 bits per heavy atom. The van der Waals surface area contributed by atoms with Crippen molar-refractivity contribution < 1.29 is 57.6 Å². The van der Waals surface area contributed by atoms with E-state index in [1.807, 2.05) is 21.1 Å². The molecular formula is C24H46ClNO9. The van der Waals surface area contributed by atoms with Crippen LogP contribution in [0.5, 0.6) is 0 Å². The fourth-order valence-electron chi connectivity index (χ4n) is 3.59. The second kappa shape index (κ2) is 20.8. The van der Waals surface area contributed by atoms with Crippen molar-refractivity contribution in [2.75, 3.05) is 27.7 Å². The van der Waals surface area contributed by atoms with E-state index in [4.69, 9.17) is 28.5 Å². The van der Waals surface area contributed by atoms with E-state index in [1.165, 1.54) is 57.8 Å². The van der Waals surface area contributed by atoms with E-state index in [1.54, 1.807) is 0 Å². The minimum Gasteiger partial charge on any atom is -0.481 e. The van der Waals surface area contributed by atoms with E-state index >= 15 is 0 Å². The first-order valence-corrected chi connectivity index (χ1v) is 13.7. The number of unbranched alkanes of at least 4 members (excludes halogenated alkanes) is 11. The molecule has 0 saturated heterocycles. The van der Waals surface area contributed by atoms with Gasteiger partial charge in [-0.2, -0.15) is 0 Å². The maximum absolute atomic E-state index is 12.0. The number of ketones is 1. The van der Waals surface area contributed by atoms with Crippen LogP contribution >= 0.6 is 0 Å². The Labute approximate surface area is 212 Å². The van der Waals surface area contributed by atoms with Gasteiger partial charge in [0.2, 0.25) is 0 Å². The zero-order chi connectivity index (χ0) is 27.3. The molecule has 1 unspecified atom stereocenters. The highest BCUT2D eigenvalue weighted by molar-refractivity contribution is 5.95. The molecule has 208 valence electrons. The first-order chi connectivity index (χ1) is 16.1. The van der Waals surface area contributed by atoms with Crippen LogP contribution in [0.2, 0.25) is 0 Å². The number of rotatable bonds is 20. The molecular weight excluding hydrogens is 482 g/mol. The molecule has 0 aromatic heterocycles. The van der Waals surface area contributed by atoms with Crippen LogP contribution in [0.25, 0.3) is 0 Å². The van der Waals surface area contributed by atoms with Crippen molar-refractivity contribution in [1.82, 2.24) is 0 Å². The maximum atomic E-state index is 12.0. The molecule has 0 aromatic carbocycles. The number of Topliss-reactive ketones (excluding diaryl/α,β-unsaturated/α-hetero) is 1. The number of carbonyl (C=O) groups excluding carboxylic acids is 2. The highest BCUT2D eigenvalue weighted by Gasteiger charge is 2.25. The van der Waals surface area contributed by atoms with Gasteiger partial charge in [0.15, 0.2) is 6.10 Å². The number of hydrogen-bond donors (Lipinski definition) is 1. The van der Waals surface area contributed by atoms with E-state index in [0.29, 0.717) is 17.4 Å². The number of carboxylic acids is 1. The molecule has 1 atom stereocenters. The molecule has 0 fully saturated rings. The Balaban J connectivity index is 0. The molecule has 0 spiro atoms. The zero-order valence-corrected chi connectivity index (χ0v) is 22.7. The monoisotopic (exact) mass is 527 g/mol. The van der Waals surface area contributed by atoms with Gasteiger partial charge in [-0.15, -0.1) is 10.2 Å². The average Bonchev–Trinajstić information content (AvgIpc) is 2.65. The van der Waals surface area contributed by atoms with Gasteiger partial charge in [-0.1, -0.05) is 77.6 Å². The number of likely N-dealkylation sites (N-methyl/N-ethyl adjacent to an activating group) is 1. The van der Waals surface area contributed by atoms with Gasteiger partial charge in [0.25, 0.3) is 0 Å². The van der Waals surface area contributed by atoms with E-state index in [0.717, 1.165) is 19.3 Å². The molecule has 0 bridgehead atoms. The summed E-state index contributed by atoms with van der Waals surface area (Å²) in [5.74, 6) is -1.74. The Morgan fingerprint density at radius 3 is 1.57 bits per heavy atom. The third-order valence-corrected chi connectivity index (χ3v) is 5.10. The lowest BCUT2D eigenvalue weighted by atomic mass is 10.0. The molecule has 0 aliphatic carbocycles. The zero-order valence-electron chi connectivity index (χ0n) is 21.9. The minimum atomic E-state index is -4.94. The summed E-state index contributed by atoms with van der Waals surface area (Å²) in [5.41, 5.74) is 0. The van der Waals surface area contributed by atoms with Crippen molar-refractivity contribution in [3.05, 3.63) is 0 Å². The number of aliphatic carboxylic acids is 1. The lowest BCUT2D eigenvalue weighted by Gasteiger charge is -2.28. The minimum absolute atomic E-state index is 0.119. The largest absolute Gasteiger partial charge is 0.481 e. The molecule has 10 nitrogen and oxygen atoms in total. The standard InChI is InChI=1S/C24H45NO5.ClHO4/c1-5-6-7-8-9-10-11-12-13-14-15-16-17-21(26)18-24(29)30-22(19-23(27)28)20-25(2,3)4;2-1(3,4)5/h22H,5-20H2,1-4H3;(H,2,3,4,5). The molecule has 0 heterocycles. The van der Waals surface area contributed by atoms with Crippen molar-refractivity contribution in [3.63, 3.8) is 0 Å². The van der Waals surface area contributed by atoms with Crippen LogP contribution in [0, 0.1) is 10.2 Å². The quantitative estimate of drug-likeness (QED) is 0.101. The summed E-state index contributed by atoms with van der Waals surface area (Å²) >= 11 is 0. The second-order valence-corrected chi connectivity index (χ2v) is 10.7. The fourth-order valence-corrected chi connectivity index (χ4v) is 3.59. The molecule has 0 aliphatic rings. The van der Waals surface area contributed by atoms with E-state index in [9.17, 15) is 14.4 Å². The van der Waals surface area contributed by atoms with Gasteiger partial charge in [-0.3, -0.25) is 14.4 Å². The molecule has 1 N–H and O–H groups in total. The van der Waals surface area contributed by atoms with E-state index in [-0.39, 0.29) is 18.6 Å². The predicted molar refractivity (Wildman–Crippen MR) is 120 cm³/mol. The summed E-state index contributed by atoms with van der Waals surface area (Å²) < 4.78 is 39.7. The van der Waals surface area contributed by atoms with Crippen LogP contribution in [-0.2, 0) is 19.1 Å². The van der Waals surface area contributed by atoms with Crippen LogP contribution in [-0.4, -0.2) is 61.1 Å². The normalized spacial score (nSPS) is 12.5. The molecule has 0 saturated carbocycles.